The number of hydrogen-bond acceptors (Lipinski definition) is 5. The number of rotatable bonds is 8. The number of nitrogens with one attached hydrogen (secondary N) is 2. The Bertz CT molecular complexity index is 988. The van der Waals surface area contributed by atoms with Gasteiger partial charge in [-0.3, -0.25) is 14.5 Å². The van der Waals surface area contributed by atoms with Crippen LogP contribution in [0.5, 0.6) is 0 Å². The first kappa shape index (κ1) is 23.7. The molecule has 1 saturated heterocycles. The maximum Gasteiger partial charge on any atom is 0.223 e. The van der Waals surface area contributed by atoms with Crippen molar-refractivity contribution in [2.75, 3.05) is 31.5 Å². The van der Waals surface area contributed by atoms with Gasteiger partial charge in [-0.2, -0.15) is 0 Å². The highest BCUT2D eigenvalue weighted by Gasteiger charge is 2.32. The Morgan fingerprint density at radius 1 is 1.21 bits per heavy atom. The molecule has 1 atom stereocenters. The van der Waals surface area contributed by atoms with Crippen molar-refractivity contribution >= 4 is 29.1 Å². The molecule has 1 aromatic heterocycles. The van der Waals surface area contributed by atoms with Gasteiger partial charge in [0.1, 0.15) is 5.82 Å². The molecule has 2 aromatic rings. The number of carbonyl (C=O) groups excluding carboxylic acids is 2. The number of nitrogens with zero attached hydrogens (tertiary/aromatic N) is 2. The van der Waals surface area contributed by atoms with Gasteiger partial charge in [0.2, 0.25) is 5.91 Å². The van der Waals surface area contributed by atoms with Gasteiger partial charge in [-0.25, -0.2) is 4.98 Å². The minimum absolute atomic E-state index is 0.00817. The maximum atomic E-state index is 12.7. The van der Waals surface area contributed by atoms with Gasteiger partial charge >= 0.3 is 0 Å². The number of hydrogen-bond donors (Lipinski definition) is 2. The van der Waals surface area contributed by atoms with Gasteiger partial charge in [0.05, 0.1) is 6.04 Å². The molecule has 7 heteroatoms. The van der Waals surface area contributed by atoms with Crippen LogP contribution in [-0.2, 0) is 22.4 Å². The maximum absolute atomic E-state index is 12.7. The lowest BCUT2D eigenvalue weighted by Crippen LogP contribution is -2.43. The molecule has 176 valence electrons. The summed E-state index contributed by atoms with van der Waals surface area (Å²) in [6, 6.07) is 11.5. The first-order chi connectivity index (χ1) is 16.0. The molecule has 3 heterocycles. The Morgan fingerprint density at radius 3 is 2.76 bits per heavy atom. The third-order valence-corrected chi connectivity index (χ3v) is 7.06. The van der Waals surface area contributed by atoms with Gasteiger partial charge in [-0.15, -0.1) is 0 Å². The van der Waals surface area contributed by atoms with Crippen LogP contribution >= 0.6 is 11.6 Å². The summed E-state index contributed by atoms with van der Waals surface area (Å²) < 4.78 is 0. The normalized spacial score (nSPS) is 17.6. The van der Waals surface area contributed by atoms with Crippen molar-refractivity contribution in [3.63, 3.8) is 0 Å². The number of carbonyl (C=O) groups is 2. The minimum atomic E-state index is -0.346. The zero-order chi connectivity index (χ0) is 23.2. The van der Waals surface area contributed by atoms with E-state index in [2.05, 4.69) is 27.7 Å². The topological polar surface area (TPSA) is 74.3 Å². The molecule has 0 aliphatic carbocycles. The van der Waals surface area contributed by atoms with Crippen LogP contribution in [0.25, 0.3) is 0 Å². The molecule has 1 aromatic carbocycles. The summed E-state index contributed by atoms with van der Waals surface area (Å²) in [6.45, 7) is 4.67. The van der Waals surface area contributed by atoms with Crippen LogP contribution < -0.4 is 10.6 Å². The van der Waals surface area contributed by atoms with Crippen molar-refractivity contribution in [2.24, 2.45) is 5.92 Å². The van der Waals surface area contributed by atoms with Crippen molar-refractivity contribution in [2.45, 2.75) is 51.5 Å². The molecule has 2 aliphatic rings. The number of Topliss-reactive ketones (excluding diaryl/α,β-unsaturated/α-hetero) is 1. The van der Waals surface area contributed by atoms with Gasteiger partial charge < -0.3 is 10.6 Å². The van der Waals surface area contributed by atoms with Crippen LogP contribution in [0, 0.1) is 5.92 Å². The molecule has 0 radical (unpaired) electrons. The summed E-state index contributed by atoms with van der Waals surface area (Å²) in [5, 5.41) is 7.09. The number of benzene rings is 1. The molecule has 0 bridgehead atoms. The summed E-state index contributed by atoms with van der Waals surface area (Å²) in [4.78, 5) is 32.0. The second-order valence-electron chi connectivity index (χ2n) is 9.08. The number of pyridine rings is 1. The Balaban J connectivity index is 1.22. The molecule has 0 saturated carbocycles. The van der Waals surface area contributed by atoms with Crippen molar-refractivity contribution in [1.82, 2.24) is 15.2 Å². The van der Waals surface area contributed by atoms with Crippen LogP contribution in [0.1, 0.15) is 55.5 Å². The van der Waals surface area contributed by atoms with Crippen LogP contribution in [-0.4, -0.2) is 47.8 Å². The number of aryl methyl sites for hydroxylation is 2. The predicted octanol–water partition coefficient (Wildman–Crippen LogP) is 4.18. The van der Waals surface area contributed by atoms with Crippen molar-refractivity contribution in [3.8, 4) is 0 Å². The fourth-order valence-electron chi connectivity index (χ4n) is 4.92. The van der Waals surface area contributed by atoms with E-state index in [1.54, 1.807) is 6.92 Å². The third-order valence-electron chi connectivity index (χ3n) is 6.71. The first-order valence-corrected chi connectivity index (χ1v) is 12.4. The van der Waals surface area contributed by atoms with Crippen LogP contribution in [0.4, 0.5) is 5.82 Å². The molecule has 1 amide bonds. The highest BCUT2D eigenvalue weighted by molar-refractivity contribution is 6.31. The first-order valence-electron chi connectivity index (χ1n) is 12.0. The van der Waals surface area contributed by atoms with E-state index in [4.69, 9.17) is 16.6 Å². The zero-order valence-corrected chi connectivity index (χ0v) is 20.0. The van der Waals surface area contributed by atoms with Gasteiger partial charge in [0, 0.05) is 29.7 Å². The SMILES string of the molecule is CC(=O)C(c1ccccc1Cl)N1CCC(C(=O)NCCCc2ccc3c(n2)NCCC3)CC1. The highest BCUT2D eigenvalue weighted by atomic mass is 35.5. The number of amides is 1. The molecule has 1 unspecified atom stereocenters. The minimum Gasteiger partial charge on any atom is -0.370 e. The number of fused-ring (bicyclic) bond motifs is 1. The number of anilines is 1. The van der Waals surface area contributed by atoms with Crippen molar-refractivity contribution in [1.29, 1.82) is 0 Å². The summed E-state index contributed by atoms with van der Waals surface area (Å²) in [6.07, 6.45) is 5.47. The molecule has 1 fully saturated rings. The quantitative estimate of drug-likeness (QED) is 0.568. The average Bonchev–Trinajstić information content (AvgIpc) is 2.83. The highest BCUT2D eigenvalue weighted by Crippen LogP contribution is 2.31. The summed E-state index contributed by atoms with van der Waals surface area (Å²) >= 11 is 6.36. The average molecular weight is 469 g/mol. The van der Waals surface area contributed by atoms with E-state index in [0.717, 1.165) is 62.1 Å². The Morgan fingerprint density at radius 2 is 2.00 bits per heavy atom. The van der Waals surface area contributed by atoms with E-state index in [-0.39, 0.29) is 23.7 Å². The monoisotopic (exact) mass is 468 g/mol. The lowest BCUT2D eigenvalue weighted by atomic mass is 9.92. The van der Waals surface area contributed by atoms with Crippen LogP contribution in [0.15, 0.2) is 36.4 Å². The second kappa shape index (κ2) is 11.1. The summed E-state index contributed by atoms with van der Waals surface area (Å²) in [5.41, 5.74) is 3.22. The van der Waals surface area contributed by atoms with Gasteiger partial charge in [-0.05, 0) is 81.8 Å². The Hall–Kier alpha value is -2.44. The number of likely N-dealkylation sites (tertiary alicyclic amines) is 1. The lowest BCUT2D eigenvalue weighted by molar-refractivity contribution is -0.127. The van der Waals surface area contributed by atoms with Crippen molar-refractivity contribution < 1.29 is 9.59 Å². The standard InChI is InChI=1S/C26H33ClN4O2/c1-18(32)24(22-8-2-3-9-23(22)27)31-16-12-20(13-17-31)26(33)29-15-5-7-21-11-10-19-6-4-14-28-25(19)30-21/h2-3,8-11,20,24H,4-7,12-17H2,1H3,(H,28,30)(H,29,33). The summed E-state index contributed by atoms with van der Waals surface area (Å²) in [7, 11) is 0. The Labute approximate surface area is 201 Å². The van der Waals surface area contributed by atoms with E-state index >= 15 is 0 Å². The summed E-state index contributed by atoms with van der Waals surface area (Å²) in [5.74, 6) is 1.21. The van der Waals surface area contributed by atoms with Crippen LogP contribution in [0.2, 0.25) is 5.02 Å². The molecular formula is C26H33ClN4O2. The van der Waals surface area contributed by atoms with E-state index < -0.39 is 0 Å². The molecule has 4 rings (SSSR count). The molecule has 6 nitrogen and oxygen atoms in total. The lowest BCUT2D eigenvalue weighted by Gasteiger charge is -2.36. The Kier molecular flexibility index (Phi) is 7.99. The number of halogens is 1. The molecule has 33 heavy (non-hydrogen) atoms. The van der Waals surface area contributed by atoms with Crippen molar-refractivity contribution in [3.05, 3.63) is 58.2 Å². The smallest absolute Gasteiger partial charge is 0.223 e. The zero-order valence-electron chi connectivity index (χ0n) is 19.3. The second-order valence-corrected chi connectivity index (χ2v) is 9.49. The third kappa shape index (κ3) is 5.92. The molecule has 2 aliphatic heterocycles. The fraction of sp³-hybridized carbons (Fsp3) is 0.500. The molecular weight excluding hydrogens is 436 g/mol. The largest absolute Gasteiger partial charge is 0.370 e. The van der Waals surface area contributed by atoms with E-state index in [9.17, 15) is 9.59 Å². The van der Waals surface area contributed by atoms with Gasteiger partial charge in [0.15, 0.2) is 5.78 Å². The van der Waals surface area contributed by atoms with Crippen LogP contribution in [0.3, 0.4) is 0 Å². The van der Waals surface area contributed by atoms with E-state index in [1.165, 1.54) is 5.56 Å². The number of ketones is 1. The number of piperidine rings is 1. The number of aromatic nitrogens is 1. The molecule has 2 N–H and O–H groups in total. The van der Waals surface area contributed by atoms with Gasteiger partial charge in [0.25, 0.3) is 0 Å². The van der Waals surface area contributed by atoms with E-state index in [0.29, 0.717) is 24.7 Å². The van der Waals surface area contributed by atoms with E-state index in [1.807, 2.05) is 24.3 Å². The fourth-order valence-corrected chi connectivity index (χ4v) is 5.16. The molecule has 0 spiro atoms. The van der Waals surface area contributed by atoms with Gasteiger partial charge in [-0.1, -0.05) is 35.9 Å². The predicted molar refractivity (Wildman–Crippen MR) is 132 cm³/mol.